The molecule has 0 aliphatic rings. The summed E-state index contributed by atoms with van der Waals surface area (Å²) in [5.41, 5.74) is 0. The number of aliphatic hydroxyl groups excluding tert-OH is 1. The van der Waals surface area contributed by atoms with Crippen LogP contribution in [0.2, 0.25) is 13.3 Å². The van der Waals surface area contributed by atoms with Gasteiger partial charge in [0.2, 0.25) is 0 Å². The maximum atomic E-state index is 8.58. The Bertz CT molecular complexity index is 353. The second-order valence-corrected chi connectivity index (χ2v) is 22.3. The quantitative estimate of drug-likeness (QED) is 0.107. The minimum absolute atomic E-state index is 0.0437. The van der Waals surface area contributed by atoms with Crippen LogP contribution in [0.4, 0.5) is 0 Å². The summed E-state index contributed by atoms with van der Waals surface area (Å²) in [5, 5.41) is 8.58. The Kier molecular flexibility index (Phi) is 27.5. The first-order valence-corrected chi connectivity index (χ1v) is 21.4. The van der Waals surface area contributed by atoms with Gasteiger partial charge in [0.1, 0.15) is 0 Å². The van der Waals surface area contributed by atoms with E-state index in [0.29, 0.717) is 72.7 Å². The molecule has 0 aromatic rings. The summed E-state index contributed by atoms with van der Waals surface area (Å²) >= 11 is -2.16. The second-order valence-electron chi connectivity index (χ2n) is 8.65. The van der Waals surface area contributed by atoms with E-state index < -0.39 is 18.4 Å². The van der Waals surface area contributed by atoms with Crippen molar-refractivity contribution in [3.05, 3.63) is 0 Å². The number of hydrogen-bond donors (Lipinski definition) is 1. The number of unbranched alkanes of at least 4 members (excludes halogenated alkanes) is 3. The molecule has 0 bridgehead atoms. The maximum absolute atomic E-state index is 8.58. The molecular weight excluding hydrogens is 531 g/mol. The number of ether oxygens (including phenoxy) is 6. The monoisotopic (exact) mass is 586 g/mol. The van der Waals surface area contributed by atoms with Crippen molar-refractivity contribution in [3.63, 3.8) is 0 Å². The smallest absolute Gasteiger partial charge is 0.394 e. The van der Waals surface area contributed by atoms with E-state index in [1.165, 1.54) is 51.8 Å². The van der Waals surface area contributed by atoms with Crippen molar-refractivity contribution >= 4 is 18.4 Å². The van der Waals surface area contributed by atoms with Crippen molar-refractivity contribution in [2.75, 3.05) is 83.9 Å². The predicted octanol–water partition coefficient (Wildman–Crippen LogP) is 4.47. The molecule has 7 nitrogen and oxygen atoms in total. The minimum atomic E-state index is -2.16. The number of rotatable bonds is 28. The first kappa shape index (κ1) is 33.5. The molecule has 33 heavy (non-hydrogen) atoms. The zero-order chi connectivity index (χ0) is 24.3. The third kappa shape index (κ3) is 22.7. The van der Waals surface area contributed by atoms with E-state index >= 15 is 0 Å². The molecule has 0 saturated heterocycles. The molecule has 0 amide bonds. The second kappa shape index (κ2) is 27.1. The molecule has 0 spiro atoms. The molecule has 0 rings (SSSR count). The molecular formula is C25H54O7Sn. The van der Waals surface area contributed by atoms with Crippen LogP contribution in [-0.4, -0.2) is 107 Å². The molecule has 200 valence electrons. The normalized spacial score (nSPS) is 12.0. The molecule has 0 atom stereocenters. The van der Waals surface area contributed by atoms with Crippen LogP contribution in [0.3, 0.4) is 0 Å². The molecule has 1 N–H and O–H groups in total. The van der Waals surface area contributed by atoms with Crippen molar-refractivity contribution in [1.82, 2.24) is 0 Å². The van der Waals surface area contributed by atoms with E-state index in [9.17, 15) is 0 Å². The standard InChI is InChI=1S/C13H27O7.3C4H9.Sn/c1-15-4-5-17-8-9-19-12-13-20-11-10-18-7-6-16-3-2-14;3*1-3-4-2;/h14H,1-13H2;3*1,3-4H2,2H3;. The molecule has 0 aliphatic carbocycles. The Morgan fingerprint density at radius 2 is 0.758 bits per heavy atom. The zero-order valence-electron chi connectivity index (χ0n) is 22.0. The van der Waals surface area contributed by atoms with Crippen LogP contribution in [0.25, 0.3) is 0 Å². The topological polar surface area (TPSA) is 75.6 Å². The van der Waals surface area contributed by atoms with E-state index in [1.54, 1.807) is 0 Å². The van der Waals surface area contributed by atoms with Crippen molar-refractivity contribution in [3.8, 4) is 0 Å². The first-order chi connectivity index (χ1) is 16.2. The third-order valence-electron chi connectivity index (χ3n) is 5.69. The van der Waals surface area contributed by atoms with Gasteiger partial charge < -0.3 is 14.6 Å². The number of hydrogen-bond acceptors (Lipinski definition) is 7. The van der Waals surface area contributed by atoms with Crippen LogP contribution in [0, 0.1) is 0 Å². The summed E-state index contributed by atoms with van der Waals surface area (Å²) in [4.78, 5) is 0. The molecule has 0 aromatic heterocycles. The van der Waals surface area contributed by atoms with Gasteiger partial charge in [0.05, 0.1) is 33.0 Å². The van der Waals surface area contributed by atoms with E-state index in [-0.39, 0.29) is 6.61 Å². The summed E-state index contributed by atoms with van der Waals surface area (Å²) in [5.74, 6) is 0. The predicted molar refractivity (Wildman–Crippen MR) is 137 cm³/mol. The van der Waals surface area contributed by atoms with Gasteiger partial charge in [-0.2, -0.15) is 0 Å². The van der Waals surface area contributed by atoms with Gasteiger partial charge in [-0.15, -0.1) is 0 Å². The van der Waals surface area contributed by atoms with Gasteiger partial charge in [-0.1, -0.05) is 0 Å². The van der Waals surface area contributed by atoms with Gasteiger partial charge in [-0.05, 0) is 0 Å². The van der Waals surface area contributed by atoms with Gasteiger partial charge in [-0.3, -0.25) is 0 Å². The van der Waals surface area contributed by atoms with Crippen LogP contribution in [-0.2, 0) is 28.4 Å². The average molecular weight is 585 g/mol. The molecule has 0 saturated carbocycles. The Morgan fingerprint density at radius 1 is 0.455 bits per heavy atom. The summed E-state index contributed by atoms with van der Waals surface area (Å²) in [6, 6.07) is 0. The van der Waals surface area contributed by atoms with Crippen molar-refractivity contribution in [2.24, 2.45) is 0 Å². The van der Waals surface area contributed by atoms with E-state index in [1.807, 2.05) is 0 Å². The van der Waals surface area contributed by atoms with Crippen LogP contribution in [0.15, 0.2) is 0 Å². The fourth-order valence-electron chi connectivity index (χ4n) is 3.70. The molecule has 8 heteroatoms. The Labute approximate surface area is 208 Å². The summed E-state index contributed by atoms with van der Waals surface area (Å²) in [6.45, 7) is 13.1. The number of aliphatic hydroxyl groups is 1. The fourth-order valence-corrected chi connectivity index (χ4v) is 18.2. The van der Waals surface area contributed by atoms with Gasteiger partial charge in [-0.25, -0.2) is 0 Å². The van der Waals surface area contributed by atoms with Gasteiger partial charge in [0, 0.05) is 0 Å². The first-order valence-electron chi connectivity index (χ1n) is 13.3. The van der Waals surface area contributed by atoms with Crippen LogP contribution < -0.4 is 0 Å². The van der Waals surface area contributed by atoms with Crippen molar-refractivity contribution < 1.29 is 33.5 Å². The molecule has 0 radical (unpaired) electrons. The van der Waals surface area contributed by atoms with E-state index in [2.05, 4.69) is 20.8 Å². The van der Waals surface area contributed by atoms with E-state index in [0.717, 1.165) is 4.62 Å². The van der Waals surface area contributed by atoms with Crippen molar-refractivity contribution in [1.29, 1.82) is 0 Å². The molecule has 0 aliphatic heterocycles. The van der Waals surface area contributed by atoms with Crippen molar-refractivity contribution in [2.45, 2.75) is 72.6 Å². The molecule has 0 fully saturated rings. The molecule has 0 unspecified atom stereocenters. The van der Waals surface area contributed by atoms with Gasteiger partial charge in [0.15, 0.2) is 0 Å². The average Bonchev–Trinajstić information content (AvgIpc) is 2.83. The molecule has 0 aromatic carbocycles. The van der Waals surface area contributed by atoms with E-state index in [4.69, 9.17) is 33.5 Å². The van der Waals surface area contributed by atoms with Crippen LogP contribution >= 0.6 is 0 Å². The Morgan fingerprint density at radius 3 is 1.06 bits per heavy atom. The molecule has 0 heterocycles. The van der Waals surface area contributed by atoms with Gasteiger partial charge >= 0.3 is 161 Å². The third-order valence-corrected chi connectivity index (χ3v) is 20.1. The fraction of sp³-hybridized carbons (Fsp3) is 1.00. The summed E-state index contributed by atoms with van der Waals surface area (Å²) in [7, 11) is 0. The summed E-state index contributed by atoms with van der Waals surface area (Å²) < 4.78 is 38.9. The van der Waals surface area contributed by atoms with Crippen LogP contribution in [0.1, 0.15) is 59.3 Å². The minimum Gasteiger partial charge on any atom is -0.394 e. The summed E-state index contributed by atoms with van der Waals surface area (Å²) in [6.07, 6.45) is 8.08. The Hall–Kier alpha value is 0.519. The Balaban J connectivity index is 3.63. The van der Waals surface area contributed by atoms with Gasteiger partial charge in [0.25, 0.3) is 0 Å². The van der Waals surface area contributed by atoms with Crippen LogP contribution in [0.5, 0.6) is 0 Å². The zero-order valence-corrected chi connectivity index (χ0v) is 24.8. The SMILES string of the molecule is CCC[CH2][Sn]([CH2]CCC)([CH2]CCC)[CH2]OCCOCCOCCOCCOCCOCCO.